The maximum Gasteiger partial charge on any atom is 0.0876 e. The lowest BCUT2D eigenvalue weighted by Crippen LogP contribution is -2.53. The lowest BCUT2D eigenvalue weighted by Gasteiger charge is -2.41. The highest BCUT2D eigenvalue weighted by Gasteiger charge is 2.38. The van der Waals surface area contributed by atoms with Crippen LogP contribution in [0.2, 0.25) is 0 Å². The molecule has 0 aromatic heterocycles. The Hall–Kier alpha value is -0.120. The molecule has 16 heavy (non-hydrogen) atoms. The molecule has 2 N–H and O–H groups in total. The van der Waals surface area contributed by atoms with E-state index in [1.54, 1.807) is 0 Å². The van der Waals surface area contributed by atoms with E-state index in [4.69, 9.17) is 15.2 Å². The third-order valence-electron chi connectivity index (χ3n) is 3.57. The topological polar surface area (TPSA) is 44.5 Å². The van der Waals surface area contributed by atoms with E-state index in [1.807, 2.05) is 0 Å². The number of unbranched alkanes of at least 4 members (excludes halogenated alkanes) is 2. The molecule has 1 atom stereocenters. The first kappa shape index (κ1) is 13.9. The van der Waals surface area contributed by atoms with E-state index in [0.717, 1.165) is 39.1 Å². The number of rotatable bonds is 7. The van der Waals surface area contributed by atoms with Gasteiger partial charge in [-0.05, 0) is 13.3 Å². The largest absolute Gasteiger partial charge is 0.381 e. The zero-order valence-corrected chi connectivity index (χ0v) is 10.8. The molecule has 0 aromatic rings. The van der Waals surface area contributed by atoms with E-state index < -0.39 is 0 Å². The molecule has 1 aliphatic heterocycles. The van der Waals surface area contributed by atoms with Crippen LogP contribution >= 0.6 is 0 Å². The molecule has 0 spiro atoms. The molecule has 0 radical (unpaired) electrons. The van der Waals surface area contributed by atoms with Crippen LogP contribution in [0.1, 0.15) is 52.4 Å². The van der Waals surface area contributed by atoms with Crippen molar-refractivity contribution >= 4 is 0 Å². The zero-order chi connectivity index (χ0) is 11.9. The molecular formula is C13H27NO2. The van der Waals surface area contributed by atoms with Gasteiger partial charge in [0.05, 0.1) is 5.60 Å². The van der Waals surface area contributed by atoms with Gasteiger partial charge in [0, 0.05) is 38.7 Å². The van der Waals surface area contributed by atoms with Crippen LogP contribution in [-0.4, -0.2) is 31.5 Å². The Morgan fingerprint density at radius 3 is 2.50 bits per heavy atom. The van der Waals surface area contributed by atoms with Crippen LogP contribution in [0.4, 0.5) is 0 Å². The van der Waals surface area contributed by atoms with Crippen LogP contribution in [0.3, 0.4) is 0 Å². The molecule has 0 aromatic carbocycles. The minimum Gasteiger partial charge on any atom is -0.381 e. The number of hydrogen-bond acceptors (Lipinski definition) is 3. The predicted molar refractivity (Wildman–Crippen MR) is 66.5 cm³/mol. The third kappa shape index (κ3) is 3.72. The summed E-state index contributed by atoms with van der Waals surface area (Å²) in [5.74, 6) is 0. The summed E-state index contributed by atoms with van der Waals surface area (Å²) in [6, 6.07) is 0.169. The van der Waals surface area contributed by atoms with Crippen LogP contribution in [-0.2, 0) is 9.47 Å². The van der Waals surface area contributed by atoms with Crippen molar-refractivity contribution in [2.75, 3.05) is 19.8 Å². The molecule has 3 nitrogen and oxygen atoms in total. The SMILES string of the molecule is CCCCCC(N)C1(OCC)CCOCC1. The fourth-order valence-corrected chi connectivity index (χ4v) is 2.50. The van der Waals surface area contributed by atoms with Crippen molar-refractivity contribution in [2.45, 2.75) is 64.0 Å². The average Bonchev–Trinajstić information content (AvgIpc) is 2.31. The second-order valence-electron chi connectivity index (χ2n) is 4.71. The van der Waals surface area contributed by atoms with E-state index >= 15 is 0 Å². The predicted octanol–water partition coefficient (Wildman–Crippen LogP) is 2.48. The van der Waals surface area contributed by atoms with Crippen LogP contribution < -0.4 is 5.73 Å². The molecule has 3 heteroatoms. The average molecular weight is 229 g/mol. The van der Waals surface area contributed by atoms with Crippen LogP contribution in [0, 0.1) is 0 Å². The highest BCUT2D eigenvalue weighted by atomic mass is 16.5. The smallest absolute Gasteiger partial charge is 0.0876 e. The van der Waals surface area contributed by atoms with Gasteiger partial charge in [-0.2, -0.15) is 0 Å². The summed E-state index contributed by atoms with van der Waals surface area (Å²) in [6.07, 6.45) is 6.72. The van der Waals surface area contributed by atoms with Crippen molar-refractivity contribution < 1.29 is 9.47 Å². The molecule has 0 bridgehead atoms. The first-order valence-electron chi connectivity index (χ1n) is 6.72. The summed E-state index contributed by atoms with van der Waals surface area (Å²) in [5.41, 5.74) is 6.22. The van der Waals surface area contributed by atoms with Crippen molar-refractivity contribution in [3.05, 3.63) is 0 Å². The van der Waals surface area contributed by atoms with Crippen molar-refractivity contribution in [1.82, 2.24) is 0 Å². The lowest BCUT2D eigenvalue weighted by molar-refractivity contribution is -0.121. The Bertz CT molecular complexity index is 173. The summed E-state index contributed by atoms with van der Waals surface area (Å²) >= 11 is 0. The van der Waals surface area contributed by atoms with E-state index in [9.17, 15) is 0 Å². The normalized spacial score (nSPS) is 21.9. The van der Waals surface area contributed by atoms with Gasteiger partial charge < -0.3 is 15.2 Å². The Labute approximate surface area is 99.7 Å². The van der Waals surface area contributed by atoms with Crippen LogP contribution in [0.5, 0.6) is 0 Å². The quantitative estimate of drug-likeness (QED) is 0.682. The van der Waals surface area contributed by atoms with Gasteiger partial charge in [-0.15, -0.1) is 0 Å². The standard InChI is InChI=1S/C13H27NO2/c1-3-5-6-7-12(14)13(16-4-2)8-10-15-11-9-13/h12H,3-11,14H2,1-2H3. The van der Waals surface area contributed by atoms with Crippen molar-refractivity contribution in [3.8, 4) is 0 Å². The van der Waals surface area contributed by atoms with Gasteiger partial charge in [-0.25, -0.2) is 0 Å². The van der Waals surface area contributed by atoms with E-state index in [-0.39, 0.29) is 11.6 Å². The summed E-state index contributed by atoms with van der Waals surface area (Å²) < 4.78 is 11.4. The maximum absolute atomic E-state index is 6.33. The molecule has 1 rings (SSSR count). The number of hydrogen-bond donors (Lipinski definition) is 1. The van der Waals surface area contributed by atoms with Gasteiger partial charge in [0.1, 0.15) is 0 Å². The molecule has 1 saturated heterocycles. The van der Waals surface area contributed by atoms with Crippen molar-refractivity contribution in [1.29, 1.82) is 0 Å². The Kier molecular flexibility index (Phi) is 6.32. The molecule has 0 amide bonds. The summed E-state index contributed by atoms with van der Waals surface area (Å²) in [6.45, 7) is 6.61. The zero-order valence-electron chi connectivity index (χ0n) is 10.8. The fraction of sp³-hybridized carbons (Fsp3) is 1.00. The third-order valence-corrected chi connectivity index (χ3v) is 3.57. The Morgan fingerprint density at radius 2 is 1.94 bits per heavy atom. The van der Waals surface area contributed by atoms with Gasteiger partial charge in [-0.3, -0.25) is 0 Å². The van der Waals surface area contributed by atoms with Gasteiger partial charge in [0.15, 0.2) is 0 Å². The Morgan fingerprint density at radius 1 is 1.25 bits per heavy atom. The Balaban J connectivity index is 2.46. The molecule has 1 heterocycles. The van der Waals surface area contributed by atoms with Crippen LogP contribution in [0.15, 0.2) is 0 Å². The number of ether oxygens (including phenoxy) is 2. The molecule has 1 aliphatic rings. The maximum atomic E-state index is 6.33. The summed E-state index contributed by atoms with van der Waals surface area (Å²) in [5, 5.41) is 0. The summed E-state index contributed by atoms with van der Waals surface area (Å²) in [4.78, 5) is 0. The van der Waals surface area contributed by atoms with Gasteiger partial charge in [0.2, 0.25) is 0 Å². The molecule has 0 aliphatic carbocycles. The lowest BCUT2D eigenvalue weighted by atomic mass is 9.83. The highest BCUT2D eigenvalue weighted by molar-refractivity contribution is 4.93. The second kappa shape index (κ2) is 7.25. The van der Waals surface area contributed by atoms with E-state index in [1.165, 1.54) is 19.3 Å². The first-order chi connectivity index (χ1) is 7.75. The van der Waals surface area contributed by atoms with E-state index in [0.29, 0.717) is 0 Å². The second-order valence-corrected chi connectivity index (χ2v) is 4.71. The minimum atomic E-state index is -0.110. The van der Waals surface area contributed by atoms with Crippen LogP contribution in [0.25, 0.3) is 0 Å². The van der Waals surface area contributed by atoms with Crippen molar-refractivity contribution in [3.63, 3.8) is 0 Å². The number of nitrogens with two attached hydrogens (primary N) is 1. The molecule has 96 valence electrons. The first-order valence-corrected chi connectivity index (χ1v) is 6.72. The molecule has 1 fully saturated rings. The summed E-state index contributed by atoms with van der Waals surface area (Å²) in [7, 11) is 0. The van der Waals surface area contributed by atoms with Gasteiger partial charge in [0.25, 0.3) is 0 Å². The van der Waals surface area contributed by atoms with E-state index in [2.05, 4.69) is 13.8 Å². The van der Waals surface area contributed by atoms with Gasteiger partial charge >= 0.3 is 0 Å². The van der Waals surface area contributed by atoms with Gasteiger partial charge in [-0.1, -0.05) is 26.2 Å². The fourth-order valence-electron chi connectivity index (χ4n) is 2.50. The minimum absolute atomic E-state index is 0.110. The highest BCUT2D eigenvalue weighted by Crippen LogP contribution is 2.30. The monoisotopic (exact) mass is 229 g/mol. The molecule has 1 unspecified atom stereocenters. The molecule has 0 saturated carbocycles. The van der Waals surface area contributed by atoms with Crippen molar-refractivity contribution in [2.24, 2.45) is 5.73 Å². The molecular weight excluding hydrogens is 202 g/mol.